The number of fused-ring (bicyclic) bond motifs is 1. The van der Waals surface area contributed by atoms with Crippen molar-refractivity contribution in [2.75, 3.05) is 33.4 Å². The van der Waals surface area contributed by atoms with Crippen molar-refractivity contribution in [1.29, 1.82) is 0 Å². The molecular formula is C18H19ClFNO3. The number of halogens is 2. The van der Waals surface area contributed by atoms with Crippen molar-refractivity contribution in [3.63, 3.8) is 0 Å². The van der Waals surface area contributed by atoms with Crippen LogP contribution in [0.5, 0.6) is 17.2 Å². The summed E-state index contributed by atoms with van der Waals surface area (Å²) in [4.78, 5) is 2.07. The van der Waals surface area contributed by atoms with Gasteiger partial charge in [-0.05, 0) is 36.9 Å². The Labute approximate surface area is 145 Å². The fraction of sp³-hybridized carbons (Fsp3) is 0.333. The minimum Gasteiger partial charge on any atom is -0.489 e. The first-order chi connectivity index (χ1) is 11.6. The molecule has 0 unspecified atom stereocenters. The summed E-state index contributed by atoms with van der Waals surface area (Å²) in [6.45, 7) is 2.77. The van der Waals surface area contributed by atoms with Crippen molar-refractivity contribution in [3.05, 3.63) is 52.8 Å². The van der Waals surface area contributed by atoms with E-state index in [0.717, 1.165) is 5.56 Å². The molecule has 0 bridgehead atoms. The zero-order valence-electron chi connectivity index (χ0n) is 13.4. The molecule has 0 fully saturated rings. The smallest absolute Gasteiger partial charge is 0.179 e. The summed E-state index contributed by atoms with van der Waals surface area (Å²) in [5, 5.41) is 0.554. The summed E-state index contributed by atoms with van der Waals surface area (Å²) in [7, 11) is 1.97. The van der Waals surface area contributed by atoms with E-state index < -0.39 is 0 Å². The molecule has 2 aromatic rings. The van der Waals surface area contributed by atoms with Gasteiger partial charge in [0.2, 0.25) is 0 Å². The maximum atomic E-state index is 13.5. The van der Waals surface area contributed by atoms with E-state index in [9.17, 15) is 4.39 Å². The Balaban J connectivity index is 1.54. The molecule has 128 valence electrons. The van der Waals surface area contributed by atoms with Gasteiger partial charge in [0.1, 0.15) is 19.8 Å². The van der Waals surface area contributed by atoms with Crippen LogP contribution in [0, 0.1) is 5.82 Å². The summed E-state index contributed by atoms with van der Waals surface area (Å²) in [6, 6.07) is 10.2. The first-order valence-corrected chi connectivity index (χ1v) is 8.15. The van der Waals surface area contributed by atoms with Gasteiger partial charge < -0.3 is 14.2 Å². The highest BCUT2D eigenvalue weighted by Gasteiger charge is 2.17. The third kappa shape index (κ3) is 4.10. The highest BCUT2D eigenvalue weighted by molar-refractivity contribution is 6.32. The van der Waals surface area contributed by atoms with Gasteiger partial charge in [-0.2, -0.15) is 0 Å². The Kier molecular flexibility index (Phi) is 5.43. The quantitative estimate of drug-likeness (QED) is 0.793. The summed E-state index contributed by atoms with van der Waals surface area (Å²) in [5.74, 6) is 1.21. The standard InChI is InChI=1S/C18H19ClFNO3/c1-21(6-7-22-16-5-3-2-4-15(16)20)12-13-10-14(19)18-17(11-13)23-8-9-24-18/h2-5,10-11H,6-9,12H2,1H3. The molecule has 1 aliphatic heterocycles. The second-order valence-electron chi connectivity index (χ2n) is 5.62. The number of para-hydroxylation sites is 1. The van der Waals surface area contributed by atoms with Crippen LogP contribution in [0.1, 0.15) is 5.56 Å². The van der Waals surface area contributed by atoms with Gasteiger partial charge in [-0.3, -0.25) is 4.90 Å². The summed E-state index contributed by atoms with van der Waals surface area (Å²) < 4.78 is 30.1. The maximum Gasteiger partial charge on any atom is 0.179 e. The van der Waals surface area contributed by atoms with Crippen molar-refractivity contribution < 1.29 is 18.6 Å². The number of nitrogens with zero attached hydrogens (tertiary/aromatic N) is 1. The second-order valence-corrected chi connectivity index (χ2v) is 6.03. The highest BCUT2D eigenvalue weighted by atomic mass is 35.5. The highest BCUT2D eigenvalue weighted by Crippen LogP contribution is 2.38. The van der Waals surface area contributed by atoms with E-state index in [0.29, 0.717) is 49.4 Å². The summed E-state index contributed by atoms with van der Waals surface area (Å²) in [6.07, 6.45) is 0. The molecule has 3 rings (SSSR count). The SMILES string of the molecule is CN(CCOc1ccccc1F)Cc1cc(Cl)c2c(c1)OCCO2. The normalized spacial score (nSPS) is 13.2. The lowest BCUT2D eigenvalue weighted by Crippen LogP contribution is -2.24. The number of likely N-dealkylation sites (N-methyl/N-ethyl adjacent to an activating group) is 1. The second kappa shape index (κ2) is 7.73. The predicted molar refractivity (Wildman–Crippen MR) is 90.7 cm³/mol. The molecule has 0 saturated heterocycles. The van der Waals surface area contributed by atoms with Crippen LogP contribution < -0.4 is 14.2 Å². The Hall–Kier alpha value is -1.98. The van der Waals surface area contributed by atoms with Crippen LogP contribution in [0.15, 0.2) is 36.4 Å². The monoisotopic (exact) mass is 351 g/mol. The molecule has 0 saturated carbocycles. The zero-order valence-corrected chi connectivity index (χ0v) is 14.2. The maximum absolute atomic E-state index is 13.5. The molecule has 0 N–H and O–H groups in total. The van der Waals surface area contributed by atoms with E-state index in [1.54, 1.807) is 18.2 Å². The van der Waals surface area contributed by atoms with E-state index >= 15 is 0 Å². The van der Waals surface area contributed by atoms with E-state index in [1.165, 1.54) is 6.07 Å². The molecule has 6 heteroatoms. The number of benzene rings is 2. The van der Waals surface area contributed by atoms with Gasteiger partial charge in [-0.15, -0.1) is 0 Å². The fourth-order valence-electron chi connectivity index (χ4n) is 2.52. The third-order valence-electron chi connectivity index (χ3n) is 3.68. The Morgan fingerprint density at radius 1 is 1.21 bits per heavy atom. The van der Waals surface area contributed by atoms with Gasteiger partial charge >= 0.3 is 0 Å². The number of ether oxygens (including phenoxy) is 3. The number of hydrogen-bond acceptors (Lipinski definition) is 4. The molecule has 0 spiro atoms. The Morgan fingerprint density at radius 3 is 2.83 bits per heavy atom. The lowest BCUT2D eigenvalue weighted by molar-refractivity contribution is 0.171. The molecule has 0 amide bonds. The van der Waals surface area contributed by atoms with Gasteiger partial charge in [0.25, 0.3) is 0 Å². The minimum absolute atomic E-state index is 0.272. The van der Waals surface area contributed by atoms with Crippen molar-refractivity contribution in [2.24, 2.45) is 0 Å². The molecule has 2 aromatic carbocycles. The number of hydrogen-bond donors (Lipinski definition) is 0. The molecule has 0 aromatic heterocycles. The van der Waals surface area contributed by atoms with Crippen LogP contribution in [0.2, 0.25) is 5.02 Å². The molecule has 1 heterocycles. The Morgan fingerprint density at radius 2 is 2.00 bits per heavy atom. The fourth-order valence-corrected chi connectivity index (χ4v) is 2.81. The van der Waals surface area contributed by atoms with E-state index in [2.05, 4.69) is 4.90 Å². The van der Waals surface area contributed by atoms with Crippen molar-refractivity contribution in [3.8, 4) is 17.2 Å². The van der Waals surface area contributed by atoms with E-state index in [1.807, 2.05) is 19.2 Å². The minimum atomic E-state index is -0.348. The van der Waals surface area contributed by atoms with Gasteiger partial charge in [-0.25, -0.2) is 4.39 Å². The molecular weight excluding hydrogens is 333 g/mol. The molecule has 1 aliphatic rings. The first kappa shape index (κ1) is 16.9. The average molecular weight is 352 g/mol. The van der Waals surface area contributed by atoms with Crippen LogP contribution in [-0.4, -0.2) is 38.3 Å². The van der Waals surface area contributed by atoms with Crippen LogP contribution in [-0.2, 0) is 6.54 Å². The molecule has 0 atom stereocenters. The van der Waals surface area contributed by atoms with E-state index in [4.69, 9.17) is 25.8 Å². The molecule has 0 aliphatic carbocycles. The van der Waals surface area contributed by atoms with Crippen LogP contribution in [0.3, 0.4) is 0 Å². The Bertz CT molecular complexity index is 711. The predicted octanol–water partition coefficient (Wildman–Crippen LogP) is 3.76. The largest absolute Gasteiger partial charge is 0.489 e. The molecule has 4 nitrogen and oxygen atoms in total. The molecule has 24 heavy (non-hydrogen) atoms. The zero-order chi connectivity index (χ0) is 16.9. The summed E-state index contributed by atoms with van der Waals surface area (Å²) in [5.41, 5.74) is 1.03. The lowest BCUT2D eigenvalue weighted by Gasteiger charge is -2.22. The van der Waals surface area contributed by atoms with E-state index in [-0.39, 0.29) is 11.6 Å². The van der Waals surface area contributed by atoms with Crippen LogP contribution in [0.25, 0.3) is 0 Å². The average Bonchev–Trinajstić information content (AvgIpc) is 2.57. The summed E-state index contributed by atoms with van der Waals surface area (Å²) >= 11 is 6.24. The number of rotatable bonds is 6. The van der Waals surface area contributed by atoms with Gasteiger partial charge in [0.15, 0.2) is 23.1 Å². The van der Waals surface area contributed by atoms with Crippen LogP contribution in [0.4, 0.5) is 4.39 Å². The van der Waals surface area contributed by atoms with Gasteiger partial charge in [-0.1, -0.05) is 23.7 Å². The van der Waals surface area contributed by atoms with Crippen molar-refractivity contribution in [2.45, 2.75) is 6.54 Å². The third-order valence-corrected chi connectivity index (χ3v) is 3.96. The lowest BCUT2D eigenvalue weighted by atomic mass is 10.2. The van der Waals surface area contributed by atoms with Crippen LogP contribution >= 0.6 is 11.6 Å². The first-order valence-electron chi connectivity index (χ1n) is 7.77. The van der Waals surface area contributed by atoms with Crippen molar-refractivity contribution >= 4 is 11.6 Å². The van der Waals surface area contributed by atoms with Crippen molar-refractivity contribution in [1.82, 2.24) is 4.90 Å². The van der Waals surface area contributed by atoms with Gasteiger partial charge in [0, 0.05) is 13.1 Å². The topological polar surface area (TPSA) is 30.9 Å². The molecule has 0 radical (unpaired) electrons. The van der Waals surface area contributed by atoms with Gasteiger partial charge in [0.05, 0.1) is 5.02 Å².